The van der Waals surface area contributed by atoms with Gasteiger partial charge in [-0.1, -0.05) is 0 Å². The lowest BCUT2D eigenvalue weighted by Gasteiger charge is -2.27. The second kappa shape index (κ2) is 8.04. The molecule has 0 radical (unpaired) electrons. The largest absolute Gasteiger partial charge is 0.444 e. The Kier molecular flexibility index (Phi) is 5.83. The van der Waals surface area contributed by atoms with Crippen LogP contribution in [0.25, 0.3) is 11.1 Å². The van der Waals surface area contributed by atoms with E-state index in [0.717, 1.165) is 11.8 Å². The number of amides is 2. The topological polar surface area (TPSA) is 102 Å². The van der Waals surface area contributed by atoms with Crippen molar-refractivity contribution in [3.8, 4) is 0 Å². The van der Waals surface area contributed by atoms with Crippen molar-refractivity contribution in [3.63, 3.8) is 0 Å². The van der Waals surface area contributed by atoms with Gasteiger partial charge in [0.25, 0.3) is 0 Å². The fourth-order valence-electron chi connectivity index (χ4n) is 3.33. The highest BCUT2D eigenvalue weighted by Crippen LogP contribution is 2.33. The van der Waals surface area contributed by atoms with E-state index in [1.54, 1.807) is 33.8 Å². The molecule has 2 unspecified atom stereocenters. The van der Waals surface area contributed by atoms with Crippen LogP contribution in [-0.2, 0) is 33.7 Å². The first-order valence-electron chi connectivity index (χ1n) is 9.78. The van der Waals surface area contributed by atoms with E-state index < -0.39 is 29.5 Å². The lowest BCUT2D eigenvalue weighted by Crippen LogP contribution is -2.47. The highest BCUT2D eigenvalue weighted by Gasteiger charge is 2.29. The SMILES string of the molecule is CC(C(=O)NCc1nc2cc3c(c(F)c2o1)CC(C=O)C3)N(C)C(=O)OC(C)(C)C. The monoisotopic (exact) mass is 419 g/mol. The smallest absolute Gasteiger partial charge is 0.410 e. The zero-order chi connectivity index (χ0) is 22.2. The molecule has 3 rings (SSSR count). The number of nitrogens with one attached hydrogen (secondary N) is 1. The number of carbonyl (C=O) groups is 3. The summed E-state index contributed by atoms with van der Waals surface area (Å²) >= 11 is 0. The number of hydrogen-bond acceptors (Lipinski definition) is 6. The van der Waals surface area contributed by atoms with Gasteiger partial charge in [-0.05, 0) is 57.7 Å². The molecule has 2 atom stereocenters. The number of likely N-dealkylation sites (N-methyl/N-ethyl adjacent to an activating group) is 1. The molecule has 2 aromatic rings. The van der Waals surface area contributed by atoms with Crippen LogP contribution in [0, 0.1) is 11.7 Å². The fraction of sp³-hybridized carbons (Fsp3) is 0.524. The van der Waals surface area contributed by atoms with E-state index in [1.165, 1.54) is 11.9 Å². The lowest BCUT2D eigenvalue weighted by atomic mass is 10.1. The first-order chi connectivity index (χ1) is 14.0. The standard InChI is InChI=1S/C21H26FN3O5/c1-11(25(5)20(28)30-21(2,3)4)19(27)23-9-16-24-15-8-13-6-12(10-26)7-14(13)17(22)18(15)29-16/h8,10-12H,6-7,9H2,1-5H3,(H,23,27). The Morgan fingerprint density at radius 1 is 1.43 bits per heavy atom. The molecule has 162 valence electrons. The van der Waals surface area contributed by atoms with Gasteiger partial charge in [0.15, 0.2) is 11.4 Å². The minimum absolute atomic E-state index is 0.0171. The van der Waals surface area contributed by atoms with Crippen molar-refractivity contribution in [1.82, 2.24) is 15.2 Å². The second-order valence-electron chi connectivity index (χ2n) is 8.57. The first kappa shape index (κ1) is 21.7. The maximum Gasteiger partial charge on any atom is 0.410 e. The molecule has 9 heteroatoms. The third-order valence-corrected chi connectivity index (χ3v) is 5.06. The molecule has 1 aliphatic carbocycles. The quantitative estimate of drug-likeness (QED) is 0.748. The molecule has 0 bridgehead atoms. The Morgan fingerprint density at radius 3 is 2.77 bits per heavy atom. The summed E-state index contributed by atoms with van der Waals surface area (Å²) in [5.41, 5.74) is 0.938. The van der Waals surface area contributed by atoms with Crippen molar-refractivity contribution in [2.75, 3.05) is 7.05 Å². The molecule has 1 N–H and O–H groups in total. The van der Waals surface area contributed by atoms with Crippen LogP contribution < -0.4 is 5.32 Å². The zero-order valence-corrected chi connectivity index (χ0v) is 17.7. The number of hydrogen-bond donors (Lipinski definition) is 1. The molecule has 1 aromatic carbocycles. The van der Waals surface area contributed by atoms with E-state index in [1.807, 2.05) is 0 Å². The van der Waals surface area contributed by atoms with Gasteiger partial charge in [-0.25, -0.2) is 14.2 Å². The predicted octanol–water partition coefficient (Wildman–Crippen LogP) is 2.75. The molecule has 0 saturated carbocycles. The van der Waals surface area contributed by atoms with E-state index in [4.69, 9.17) is 9.15 Å². The van der Waals surface area contributed by atoms with E-state index in [0.29, 0.717) is 23.9 Å². The van der Waals surface area contributed by atoms with Gasteiger partial charge in [0.1, 0.15) is 23.4 Å². The number of ether oxygens (including phenoxy) is 1. The highest BCUT2D eigenvalue weighted by atomic mass is 19.1. The summed E-state index contributed by atoms with van der Waals surface area (Å²) in [5.74, 6) is -0.999. The molecule has 0 saturated heterocycles. The van der Waals surface area contributed by atoms with Crippen LogP contribution in [0.3, 0.4) is 0 Å². The van der Waals surface area contributed by atoms with Crippen LogP contribution in [0.4, 0.5) is 9.18 Å². The van der Waals surface area contributed by atoms with Crippen molar-refractivity contribution >= 4 is 29.4 Å². The van der Waals surface area contributed by atoms with E-state index in [-0.39, 0.29) is 23.9 Å². The van der Waals surface area contributed by atoms with Gasteiger partial charge in [-0.15, -0.1) is 0 Å². The molecular formula is C21H26FN3O5. The Hall–Kier alpha value is -2.97. The Bertz CT molecular complexity index is 995. The molecule has 8 nitrogen and oxygen atoms in total. The Labute approximate surface area is 173 Å². The second-order valence-corrected chi connectivity index (χ2v) is 8.57. The molecule has 1 heterocycles. The summed E-state index contributed by atoms with van der Waals surface area (Å²) in [6, 6.07) is 0.940. The van der Waals surface area contributed by atoms with Crippen LogP contribution in [-0.4, -0.2) is 46.9 Å². The number of nitrogens with zero attached hydrogens (tertiary/aromatic N) is 2. The van der Waals surface area contributed by atoms with Gasteiger partial charge in [0, 0.05) is 13.0 Å². The number of rotatable bonds is 5. The summed E-state index contributed by atoms with van der Waals surface area (Å²) in [6.07, 6.45) is 1.06. The average molecular weight is 419 g/mol. The minimum atomic E-state index is -0.787. The molecule has 0 aliphatic heterocycles. The molecule has 0 spiro atoms. The molecule has 30 heavy (non-hydrogen) atoms. The average Bonchev–Trinajstić information content (AvgIpc) is 3.27. The van der Waals surface area contributed by atoms with Gasteiger partial charge in [0.05, 0.1) is 6.54 Å². The number of oxazole rings is 1. The van der Waals surface area contributed by atoms with Crippen LogP contribution in [0.1, 0.15) is 44.7 Å². The van der Waals surface area contributed by atoms with Crippen molar-refractivity contribution in [1.29, 1.82) is 0 Å². The maximum atomic E-state index is 14.8. The van der Waals surface area contributed by atoms with Gasteiger partial charge in [0.2, 0.25) is 11.8 Å². The third-order valence-electron chi connectivity index (χ3n) is 5.06. The molecule has 1 aliphatic rings. The summed E-state index contributed by atoms with van der Waals surface area (Å²) < 4.78 is 25.5. The summed E-state index contributed by atoms with van der Waals surface area (Å²) in [5, 5.41) is 2.64. The number of halogens is 1. The van der Waals surface area contributed by atoms with Crippen molar-refractivity contribution in [2.24, 2.45) is 5.92 Å². The molecular weight excluding hydrogens is 393 g/mol. The number of aldehydes is 1. The molecule has 1 aromatic heterocycles. The van der Waals surface area contributed by atoms with Crippen molar-refractivity contribution in [2.45, 2.75) is 58.7 Å². The lowest BCUT2D eigenvalue weighted by molar-refractivity contribution is -0.125. The highest BCUT2D eigenvalue weighted by molar-refractivity contribution is 5.85. The maximum absolute atomic E-state index is 14.8. The zero-order valence-electron chi connectivity index (χ0n) is 17.7. The normalized spacial score (nSPS) is 16.8. The first-order valence-corrected chi connectivity index (χ1v) is 9.78. The van der Waals surface area contributed by atoms with Crippen molar-refractivity contribution < 1.29 is 27.9 Å². The van der Waals surface area contributed by atoms with Crippen LogP contribution in [0.15, 0.2) is 10.5 Å². The van der Waals surface area contributed by atoms with Gasteiger partial charge in [-0.3, -0.25) is 9.69 Å². The Balaban J connectivity index is 1.66. The fourth-order valence-corrected chi connectivity index (χ4v) is 3.33. The summed E-state index contributed by atoms with van der Waals surface area (Å²) in [4.78, 5) is 41.0. The van der Waals surface area contributed by atoms with Crippen LogP contribution in [0.2, 0.25) is 0 Å². The summed E-state index contributed by atoms with van der Waals surface area (Å²) in [7, 11) is 1.47. The van der Waals surface area contributed by atoms with E-state index >= 15 is 0 Å². The Morgan fingerprint density at radius 2 is 2.13 bits per heavy atom. The third kappa shape index (κ3) is 4.44. The number of benzene rings is 1. The number of carbonyl (C=O) groups excluding carboxylic acids is 3. The van der Waals surface area contributed by atoms with Crippen molar-refractivity contribution in [3.05, 3.63) is 28.9 Å². The molecule has 0 fully saturated rings. The van der Waals surface area contributed by atoms with Gasteiger partial charge < -0.3 is 19.3 Å². The van der Waals surface area contributed by atoms with Crippen LogP contribution in [0.5, 0.6) is 0 Å². The van der Waals surface area contributed by atoms with Gasteiger partial charge in [-0.2, -0.15) is 0 Å². The summed E-state index contributed by atoms with van der Waals surface area (Å²) in [6.45, 7) is 6.74. The van der Waals surface area contributed by atoms with Crippen LogP contribution >= 0.6 is 0 Å². The number of fused-ring (bicyclic) bond motifs is 2. The number of aromatic nitrogens is 1. The van der Waals surface area contributed by atoms with E-state index in [9.17, 15) is 18.8 Å². The van der Waals surface area contributed by atoms with Gasteiger partial charge >= 0.3 is 6.09 Å². The minimum Gasteiger partial charge on any atom is -0.444 e. The predicted molar refractivity (Wildman–Crippen MR) is 106 cm³/mol. The van der Waals surface area contributed by atoms with E-state index in [2.05, 4.69) is 10.3 Å². The molecule has 2 amide bonds.